The summed E-state index contributed by atoms with van der Waals surface area (Å²) in [6, 6.07) is 19.0. The van der Waals surface area contributed by atoms with Gasteiger partial charge in [0.15, 0.2) is 0 Å². The number of carbonyl (C=O) groups excluding carboxylic acids is 1. The molecule has 6 nitrogen and oxygen atoms in total. The fourth-order valence-electron chi connectivity index (χ4n) is 3.16. The number of amides is 1. The normalized spacial score (nSPS) is 12.4. The maximum atomic E-state index is 12.7. The van der Waals surface area contributed by atoms with Crippen LogP contribution in [0, 0.1) is 5.41 Å². The lowest BCUT2D eigenvalue weighted by atomic mass is 9.81. The molecular formula is C24H29N3O3. The second-order valence-corrected chi connectivity index (χ2v) is 7.85. The van der Waals surface area contributed by atoms with E-state index in [2.05, 4.69) is 10.4 Å². The van der Waals surface area contributed by atoms with Gasteiger partial charge in [-0.25, -0.2) is 0 Å². The van der Waals surface area contributed by atoms with Crippen molar-refractivity contribution in [1.82, 2.24) is 15.1 Å². The standard InChI is InChI=1S/C24H29N3O3/c1-24(2,23(29)25-13-7-15-27-16-8-14-26-27)22(28)20-11-6-12-21(17-20)30-18-19-9-4-3-5-10-19/h3-6,8-12,14,16-17,22,28H,7,13,15,18H2,1-2H3,(H,25,29). The van der Waals surface area contributed by atoms with Gasteiger partial charge in [0.05, 0.1) is 11.5 Å². The SMILES string of the molecule is CC(C)(C(=O)NCCCn1cccn1)C(O)c1cccc(OCc2ccccc2)c1. The summed E-state index contributed by atoms with van der Waals surface area (Å²) in [5, 5.41) is 18.0. The Hall–Kier alpha value is -3.12. The molecule has 1 unspecified atom stereocenters. The highest BCUT2D eigenvalue weighted by Gasteiger charge is 2.36. The molecule has 0 aliphatic heterocycles. The predicted octanol–water partition coefficient (Wildman–Crippen LogP) is 3.73. The topological polar surface area (TPSA) is 76.4 Å². The minimum atomic E-state index is -0.982. The molecular weight excluding hydrogens is 378 g/mol. The van der Waals surface area contributed by atoms with E-state index in [0.717, 1.165) is 18.5 Å². The van der Waals surface area contributed by atoms with Crippen molar-refractivity contribution in [2.45, 2.75) is 39.5 Å². The molecule has 2 aromatic carbocycles. The van der Waals surface area contributed by atoms with E-state index in [0.29, 0.717) is 24.5 Å². The smallest absolute Gasteiger partial charge is 0.228 e. The quantitative estimate of drug-likeness (QED) is 0.502. The van der Waals surface area contributed by atoms with Gasteiger partial charge in [-0.2, -0.15) is 5.10 Å². The highest BCUT2D eigenvalue weighted by atomic mass is 16.5. The number of hydrogen-bond acceptors (Lipinski definition) is 4. The van der Waals surface area contributed by atoms with Gasteiger partial charge in [-0.3, -0.25) is 9.48 Å². The number of hydrogen-bond donors (Lipinski definition) is 2. The third-order valence-corrected chi connectivity index (χ3v) is 5.10. The first-order valence-corrected chi connectivity index (χ1v) is 10.2. The second-order valence-electron chi connectivity index (χ2n) is 7.85. The minimum absolute atomic E-state index is 0.189. The summed E-state index contributed by atoms with van der Waals surface area (Å²) in [5.41, 5.74) is 0.736. The van der Waals surface area contributed by atoms with Gasteiger partial charge in [0.25, 0.3) is 0 Å². The monoisotopic (exact) mass is 407 g/mol. The van der Waals surface area contributed by atoms with E-state index >= 15 is 0 Å². The van der Waals surface area contributed by atoms with Gasteiger partial charge in [-0.05, 0) is 49.6 Å². The lowest BCUT2D eigenvalue weighted by Crippen LogP contribution is -2.41. The Balaban J connectivity index is 1.55. The number of nitrogens with zero attached hydrogens (tertiary/aromatic N) is 2. The van der Waals surface area contributed by atoms with Gasteiger partial charge < -0.3 is 15.2 Å². The molecule has 1 aromatic heterocycles. The maximum absolute atomic E-state index is 12.7. The fourth-order valence-corrected chi connectivity index (χ4v) is 3.16. The van der Waals surface area contributed by atoms with E-state index in [-0.39, 0.29) is 5.91 Å². The summed E-state index contributed by atoms with van der Waals surface area (Å²) in [4.78, 5) is 12.7. The van der Waals surface area contributed by atoms with Gasteiger partial charge in [-0.1, -0.05) is 42.5 Å². The molecule has 0 aliphatic carbocycles. The van der Waals surface area contributed by atoms with Crippen LogP contribution in [-0.2, 0) is 17.9 Å². The molecule has 0 aliphatic rings. The number of rotatable bonds is 10. The Morgan fingerprint density at radius 3 is 2.70 bits per heavy atom. The first-order chi connectivity index (χ1) is 14.5. The van der Waals surface area contributed by atoms with E-state index in [9.17, 15) is 9.90 Å². The molecule has 0 saturated carbocycles. The van der Waals surface area contributed by atoms with Gasteiger partial charge in [0, 0.05) is 25.5 Å². The molecule has 1 heterocycles. The van der Waals surface area contributed by atoms with Crippen LogP contribution in [0.4, 0.5) is 0 Å². The number of aryl methyl sites for hydroxylation is 1. The number of aliphatic hydroxyl groups is 1. The Kier molecular flexibility index (Phi) is 7.25. The lowest BCUT2D eigenvalue weighted by Gasteiger charge is -2.29. The van der Waals surface area contributed by atoms with Gasteiger partial charge in [-0.15, -0.1) is 0 Å². The van der Waals surface area contributed by atoms with Crippen LogP contribution in [0.3, 0.4) is 0 Å². The highest BCUT2D eigenvalue weighted by Crippen LogP contribution is 2.35. The van der Waals surface area contributed by atoms with Gasteiger partial charge in [0.2, 0.25) is 5.91 Å². The van der Waals surface area contributed by atoms with Crippen molar-refractivity contribution in [3.8, 4) is 5.75 Å². The molecule has 3 rings (SSSR count). The summed E-state index contributed by atoms with van der Waals surface area (Å²) in [5.74, 6) is 0.469. The van der Waals surface area contributed by atoms with E-state index < -0.39 is 11.5 Å². The van der Waals surface area contributed by atoms with E-state index in [1.54, 1.807) is 26.1 Å². The van der Waals surface area contributed by atoms with Crippen LogP contribution in [0.2, 0.25) is 0 Å². The number of ether oxygens (including phenoxy) is 1. The van der Waals surface area contributed by atoms with Gasteiger partial charge >= 0.3 is 0 Å². The van der Waals surface area contributed by atoms with Crippen LogP contribution >= 0.6 is 0 Å². The number of aliphatic hydroxyl groups excluding tert-OH is 1. The second kappa shape index (κ2) is 10.1. The van der Waals surface area contributed by atoms with Crippen molar-refractivity contribution in [1.29, 1.82) is 0 Å². The van der Waals surface area contributed by atoms with Crippen LogP contribution in [0.5, 0.6) is 5.75 Å². The summed E-state index contributed by atoms with van der Waals surface area (Å²) >= 11 is 0. The lowest BCUT2D eigenvalue weighted by molar-refractivity contribution is -0.135. The van der Waals surface area contributed by atoms with E-state index in [1.807, 2.05) is 65.5 Å². The van der Waals surface area contributed by atoms with Crippen LogP contribution in [0.15, 0.2) is 73.1 Å². The average molecular weight is 408 g/mol. The zero-order chi connectivity index (χ0) is 21.4. The van der Waals surface area contributed by atoms with Crippen molar-refractivity contribution >= 4 is 5.91 Å². The molecule has 2 N–H and O–H groups in total. The Morgan fingerprint density at radius 1 is 1.17 bits per heavy atom. The van der Waals surface area contributed by atoms with Crippen LogP contribution < -0.4 is 10.1 Å². The molecule has 6 heteroatoms. The molecule has 0 saturated heterocycles. The van der Waals surface area contributed by atoms with Crippen molar-refractivity contribution in [2.75, 3.05) is 6.54 Å². The number of carbonyl (C=O) groups is 1. The van der Waals surface area contributed by atoms with E-state index in [4.69, 9.17) is 4.74 Å². The summed E-state index contributed by atoms with van der Waals surface area (Å²) in [7, 11) is 0. The minimum Gasteiger partial charge on any atom is -0.489 e. The molecule has 1 atom stereocenters. The molecule has 158 valence electrons. The van der Waals surface area contributed by atoms with Gasteiger partial charge in [0.1, 0.15) is 12.4 Å². The first-order valence-electron chi connectivity index (χ1n) is 10.2. The van der Waals surface area contributed by atoms with Crippen molar-refractivity contribution in [3.05, 3.63) is 84.2 Å². The summed E-state index contributed by atoms with van der Waals surface area (Å²) < 4.78 is 7.68. The molecule has 3 aromatic rings. The molecule has 0 spiro atoms. The van der Waals surface area contributed by atoms with Crippen molar-refractivity contribution in [3.63, 3.8) is 0 Å². The Morgan fingerprint density at radius 2 is 1.97 bits per heavy atom. The van der Waals surface area contributed by atoms with Crippen molar-refractivity contribution < 1.29 is 14.6 Å². The fraction of sp³-hybridized carbons (Fsp3) is 0.333. The Labute approximate surface area is 177 Å². The third kappa shape index (κ3) is 5.70. The molecule has 1 amide bonds. The summed E-state index contributed by atoms with van der Waals surface area (Å²) in [6.07, 6.45) is 3.43. The average Bonchev–Trinajstić information content (AvgIpc) is 3.29. The molecule has 0 bridgehead atoms. The van der Waals surface area contributed by atoms with E-state index in [1.165, 1.54) is 0 Å². The first kappa shape index (κ1) is 21.6. The molecule has 0 radical (unpaired) electrons. The third-order valence-electron chi connectivity index (χ3n) is 5.10. The zero-order valence-electron chi connectivity index (χ0n) is 17.5. The Bertz CT molecular complexity index is 924. The van der Waals surface area contributed by atoms with Crippen LogP contribution in [-0.4, -0.2) is 27.3 Å². The summed E-state index contributed by atoms with van der Waals surface area (Å²) in [6.45, 7) is 5.20. The maximum Gasteiger partial charge on any atom is 0.228 e. The molecule has 0 fully saturated rings. The van der Waals surface area contributed by atoms with Crippen LogP contribution in [0.1, 0.15) is 37.5 Å². The zero-order valence-corrected chi connectivity index (χ0v) is 17.5. The predicted molar refractivity (Wildman–Crippen MR) is 116 cm³/mol. The van der Waals surface area contributed by atoms with Crippen molar-refractivity contribution in [2.24, 2.45) is 5.41 Å². The number of benzene rings is 2. The number of nitrogens with one attached hydrogen (secondary N) is 1. The molecule has 30 heavy (non-hydrogen) atoms. The number of aromatic nitrogens is 2. The van der Waals surface area contributed by atoms with Crippen LogP contribution in [0.25, 0.3) is 0 Å². The highest BCUT2D eigenvalue weighted by molar-refractivity contribution is 5.82. The largest absolute Gasteiger partial charge is 0.489 e.